The van der Waals surface area contributed by atoms with Gasteiger partial charge in [0.05, 0.1) is 0 Å². The van der Waals surface area contributed by atoms with Gasteiger partial charge in [0.1, 0.15) is 5.56 Å². The number of H-pyrrole nitrogens is 1. The van der Waals surface area contributed by atoms with Crippen LogP contribution in [0.4, 0.5) is 0 Å². The van der Waals surface area contributed by atoms with Gasteiger partial charge in [0, 0.05) is 17.1 Å². The largest absolute Gasteiger partial charge is 0.365 e. The van der Waals surface area contributed by atoms with Gasteiger partial charge >= 0.3 is 0 Å². The maximum atomic E-state index is 12.3. The minimum absolute atomic E-state index is 0.0152. The summed E-state index contributed by atoms with van der Waals surface area (Å²) < 4.78 is 0. The van der Waals surface area contributed by atoms with Crippen molar-refractivity contribution in [3.63, 3.8) is 0 Å². The van der Waals surface area contributed by atoms with Gasteiger partial charge in [-0.25, -0.2) is 0 Å². The Morgan fingerprint density at radius 3 is 2.71 bits per heavy atom. The first-order valence-electron chi connectivity index (χ1n) is 8.15. The van der Waals surface area contributed by atoms with Gasteiger partial charge in [-0.3, -0.25) is 9.59 Å². The van der Waals surface area contributed by atoms with E-state index in [0.717, 1.165) is 24.8 Å². The van der Waals surface area contributed by atoms with Gasteiger partial charge in [-0.2, -0.15) is 0 Å². The number of primary amides is 1. The van der Waals surface area contributed by atoms with E-state index in [4.69, 9.17) is 5.73 Å². The smallest absolute Gasteiger partial charge is 0.254 e. The molecule has 122 valence electrons. The van der Waals surface area contributed by atoms with Gasteiger partial charge in [0.15, 0.2) is 0 Å². The summed E-state index contributed by atoms with van der Waals surface area (Å²) in [7, 11) is 0. The summed E-state index contributed by atoms with van der Waals surface area (Å²) in [5.41, 5.74) is 9.12. The maximum Gasteiger partial charge on any atom is 0.254 e. The number of carbonyl (C=O) groups excluding carboxylic acids is 1. The van der Waals surface area contributed by atoms with E-state index in [1.807, 2.05) is 18.2 Å². The van der Waals surface area contributed by atoms with Gasteiger partial charge in [-0.15, -0.1) is 0 Å². The fraction of sp³-hybridized carbons (Fsp3) is 0.200. The Balaban J connectivity index is 2.11. The molecule has 1 amide bonds. The van der Waals surface area contributed by atoms with Crippen LogP contribution in [-0.2, 0) is 6.42 Å². The van der Waals surface area contributed by atoms with Crippen molar-refractivity contribution in [3.05, 3.63) is 70.0 Å². The van der Waals surface area contributed by atoms with Crippen LogP contribution in [0.3, 0.4) is 0 Å². The second-order valence-electron chi connectivity index (χ2n) is 5.92. The molecule has 0 spiro atoms. The zero-order valence-corrected chi connectivity index (χ0v) is 13.6. The molecule has 0 aliphatic heterocycles. The number of amides is 1. The van der Waals surface area contributed by atoms with Gasteiger partial charge < -0.3 is 10.7 Å². The SMILES string of the molecule is CCCCc1ccccc1-c1ccc2c(=O)c(C(N)=O)c[nH]c2c1. The number of hydrogen-bond acceptors (Lipinski definition) is 2. The number of aryl methyl sites for hydroxylation is 1. The predicted octanol–water partition coefficient (Wildman–Crippen LogP) is 3.64. The quantitative estimate of drug-likeness (QED) is 0.753. The molecule has 0 atom stereocenters. The third kappa shape index (κ3) is 2.95. The van der Waals surface area contributed by atoms with Crippen LogP contribution in [0.5, 0.6) is 0 Å². The van der Waals surface area contributed by atoms with E-state index in [1.54, 1.807) is 6.07 Å². The number of nitrogens with one attached hydrogen (secondary N) is 1. The highest BCUT2D eigenvalue weighted by Gasteiger charge is 2.11. The Labute approximate surface area is 140 Å². The average Bonchev–Trinajstić information content (AvgIpc) is 2.60. The van der Waals surface area contributed by atoms with Crippen LogP contribution in [0.1, 0.15) is 35.7 Å². The monoisotopic (exact) mass is 320 g/mol. The molecular formula is C20H20N2O2. The van der Waals surface area contributed by atoms with Crippen LogP contribution >= 0.6 is 0 Å². The Hall–Kier alpha value is -2.88. The first-order chi connectivity index (χ1) is 11.6. The maximum absolute atomic E-state index is 12.3. The van der Waals surface area contributed by atoms with Crippen molar-refractivity contribution in [1.82, 2.24) is 4.98 Å². The standard InChI is InChI=1S/C20H20N2O2/c1-2-3-6-13-7-4-5-8-15(13)14-9-10-16-18(11-14)22-12-17(19(16)23)20(21)24/h4-5,7-12H,2-3,6H2,1H3,(H2,21,24)(H,22,23). The molecule has 0 unspecified atom stereocenters. The molecule has 1 heterocycles. The third-order valence-corrected chi connectivity index (χ3v) is 4.27. The van der Waals surface area contributed by atoms with E-state index in [-0.39, 0.29) is 11.0 Å². The summed E-state index contributed by atoms with van der Waals surface area (Å²) in [4.78, 5) is 26.6. The van der Waals surface area contributed by atoms with Crippen LogP contribution in [0.25, 0.3) is 22.0 Å². The number of pyridine rings is 1. The predicted molar refractivity (Wildman–Crippen MR) is 97.1 cm³/mol. The molecule has 1 aromatic heterocycles. The van der Waals surface area contributed by atoms with E-state index in [1.165, 1.54) is 17.3 Å². The van der Waals surface area contributed by atoms with Crippen molar-refractivity contribution in [1.29, 1.82) is 0 Å². The highest BCUT2D eigenvalue weighted by Crippen LogP contribution is 2.27. The van der Waals surface area contributed by atoms with Crippen molar-refractivity contribution in [2.45, 2.75) is 26.2 Å². The lowest BCUT2D eigenvalue weighted by Gasteiger charge is -2.10. The second-order valence-corrected chi connectivity index (χ2v) is 5.92. The summed E-state index contributed by atoms with van der Waals surface area (Å²) in [5, 5.41) is 0.473. The number of hydrogen-bond donors (Lipinski definition) is 2. The number of carbonyl (C=O) groups is 1. The molecule has 4 heteroatoms. The Morgan fingerprint density at radius 1 is 1.17 bits per heavy atom. The van der Waals surface area contributed by atoms with E-state index in [2.05, 4.69) is 30.1 Å². The molecule has 3 N–H and O–H groups in total. The molecule has 0 fully saturated rings. The summed E-state index contributed by atoms with van der Waals surface area (Å²) >= 11 is 0. The number of fused-ring (bicyclic) bond motifs is 1. The van der Waals surface area contributed by atoms with Gasteiger partial charge in [-0.1, -0.05) is 43.7 Å². The fourth-order valence-electron chi connectivity index (χ4n) is 2.96. The first kappa shape index (κ1) is 16.0. The van der Waals surface area contributed by atoms with Gasteiger partial charge in [-0.05, 0) is 41.7 Å². The zero-order chi connectivity index (χ0) is 17.1. The number of benzene rings is 2. The number of aromatic nitrogens is 1. The molecule has 4 nitrogen and oxygen atoms in total. The highest BCUT2D eigenvalue weighted by atomic mass is 16.2. The summed E-state index contributed by atoms with van der Waals surface area (Å²) in [6, 6.07) is 14.0. The highest BCUT2D eigenvalue weighted by molar-refractivity contribution is 5.96. The van der Waals surface area contributed by atoms with Crippen LogP contribution in [0, 0.1) is 0 Å². The van der Waals surface area contributed by atoms with Crippen molar-refractivity contribution in [2.24, 2.45) is 5.73 Å². The summed E-state index contributed by atoms with van der Waals surface area (Å²) in [6.07, 6.45) is 4.71. The number of unbranched alkanes of at least 4 members (excludes halogenated alkanes) is 1. The normalized spacial score (nSPS) is 10.9. The van der Waals surface area contributed by atoms with Crippen molar-refractivity contribution >= 4 is 16.8 Å². The number of rotatable bonds is 5. The van der Waals surface area contributed by atoms with E-state index in [9.17, 15) is 9.59 Å². The van der Waals surface area contributed by atoms with Crippen LogP contribution in [0.15, 0.2) is 53.5 Å². The minimum atomic E-state index is -0.716. The third-order valence-electron chi connectivity index (χ3n) is 4.27. The van der Waals surface area contributed by atoms with Gasteiger partial charge in [0.2, 0.25) is 5.43 Å². The lowest BCUT2D eigenvalue weighted by atomic mass is 9.95. The molecule has 3 aromatic rings. The molecule has 3 rings (SSSR count). The van der Waals surface area contributed by atoms with Crippen LogP contribution < -0.4 is 11.2 Å². The number of nitrogens with two attached hydrogens (primary N) is 1. The molecular weight excluding hydrogens is 300 g/mol. The van der Waals surface area contributed by atoms with E-state index < -0.39 is 5.91 Å². The Morgan fingerprint density at radius 2 is 1.96 bits per heavy atom. The molecule has 0 saturated carbocycles. The first-order valence-corrected chi connectivity index (χ1v) is 8.15. The minimum Gasteiger partial charge on any atom is -0.365 e. The average molecular weight is 320 g/mol. The summed E-state index contributed by atoms with van der Waals surface area (Å²) in [5.74, 6) is -0.716. The zero-order valence-electron chi connectivity index (χ0n) is 13.6. The van der Waals surface area contributed by atoms with Crippen LogP contribution in [-0.4, -0.2) is 10.9 Å². The lowest BCUT2D eigenvalue weighted by Crippen LogP contribution is -2.22. The topological polar surface area (TPSA) is 76.0 Å². The molecule has 0 saturated heterocycles. The second kappa shape index (κ2) is 6.71. The van der Waals surface area contributed by atoms with Crippen molar-refractivity contribution in [2.75, 3.05) is 0 Å². The number of aromatic amines is 1. The van der Waals surface area contributed by atoms with E-state index in [0.29, 0.717) is 10.9 Å². The van der Waals surface area contributed by atoms with Gasteiger partial charge in [0.25, 0.3) is 5.91 Å². The van der Waals surface area contributed by atoms with Crippen molar-refractivity contribution < 1.29 is 4.79 Å². The molecule has 0 aliphatic rings. The fourth-order valence-corrected chi connectivity index (χ4v) is 2.96. The molecule has 0 aliphatic carbocycles. The van der Waals surface area contributed by atoms with Crippen LogP contribution in [0.2, 0.25) is 0 Å². The molecule has 0 bridgehead atoms. The molecule has 0 radical (unpaired) electrons. The Bertz CT molecular complexity index is 957. The van der Waals surface area contributed by atoms with E-state index >= 15 is 0 Å². The van der Waals surface area contributed by atoms with Crippen molar-refractivity contribution in [3.8, 4) is 11.1 Å². The summed E-state index contributed by atoms with van der Waals surface area (Å²) in [6.45, 7) is 2.18. The lowest BCUT2D eigenvalue weighted by molar-refractivity contribution is 0.0999. The molecule has 24 heavy (non-hydrogen) atoms. The molecule has 2 aromatic carbocycles. The Kier molecular flexibility index (Phi) is 4.47.